The van der Waals surface area contributed by atoms with Gasteiger partial charge in [0.15, 0.2) is 17.3 Å². The van der Waals surface area contributed by atoms with Gasteiger partial charge in [-0.1, -0.05) is 6.58 Å². The smallest absolute Gasteiger partial charge is 0.403 e. The molecule has 6 heteroatoms. The highest BCUT2D eigenvalue weighted by Gasteiger charge is 2.32. The molecule has 16 heavy (non-hydrogen) atoms. The quantitative estimate of drug-likeness (QED) is 0.456. The summed E-state index contributed by atoms with van der Waals surface area (Å²) in [5.74, 6) is -2.82. The van der Waals surface area contributed by atoms with E-state index in [0.717, 1.165) is 18.2 Å². The highest BCUT2D eigenvalue weighted by Crippen LogP contribution is 2.26. The normalized spacial score (nSPS) is 11.0. The zero-order valence-electron chi connectivity index (χ0n) is 7.84. The molecular formula is C10H6F4O2. The van der Waals surface area contributed by atoms with E-state index in [0.29, 0.717) is 6.07 Å². The van der Waals surface area contributed by atoms with Crippen LogP contribution in [0.5, 0.6) is 5.75 Å². The molecule has 0 aromatic heterocycles. The molecule has 0 unspecified atom stereocenters. The number of hydrogen-bond donors (Lipinski definition) is 0. The van der Waals surface area contributed by atoms with Crippen molar-refractivity contribution < 1.29 is 27.1 Å². The summed E-state index contributed by atoms with van der Waals surface area (Å²) in [5, 5.41) is 0. The second-order valence-corrected chi connectivity index (χ2v) is 2.76. The number of rotatable bonds is 3. The van der Waals surface area contributed by atoms with Crippen LogP contribution >= 0.6 is 0 Å². The van der Waals surface area contributed by atoms with Crippen molar-refractivity contribution in [3.8, 4) is 5.75 Å². The molecule has 0 bridgehead atoms. The van der Waals surface area contributed by atoms with Crippen LogP contribution in [0.1, 0.15) is 10.4 Å². The third kappa shape index (κ3) is 3.08. The van der Waals surface area contributed by atoms with E-state index in [1.165, 1.54) is 0 Å². The number of benzene rings is 1. The Morgan fingerprint density at radius 1 is 1.38 bits per heavy atom. The van der Waals surface area contributed by atoms with Gasteiger partial charge in [0.25, 0.3) is 0 Å². The average Bonchev–Trinajstić information content (AvgIpc) is 2.18. The largest absolute Gasteiger partial charge is 0.573 e. The third-order valence-corrected chi connectivity index (χ3v) is 1.63. The average molecular weight is 234 g/mol. The van der Waals surface area contributed by atoms with E-state index in [1.807, 2.05) is 0 Å². The standard InChI is InChI=1S/C10H6F4O2/c1-2-8(15)6-3-4-9(7(11)5-6)16-10(12,13)14/h2-5H,1H2. The lowest BCUT2D eigenvalue weighted by atomic mass is 10.1. The lowest BCUT2D eigenvalue weighted by Gasteiger charge is -2.09. The van der Waals surface area contributed by atoms with Crippen LogP contribution in [0.2, 0.25) is 0 Å². The van der Waals surface area contributed by atoms with Gasteiger partial charge in [-0.25, -0.2) is 4.39 Å². The highest BCUT2D eigenvalue weighted by atomic mass is 19.4. The minimum absolute atomic E-state index is 0.0953. The molecule has 0 aliphatic rings. The van der Waals surface area contributed by atoms with Gasteiger partial charge in [0.2, 0.25) is 0 Å². The van der Waals surface area contributed by atoms with E-state index >= 15 is 0 Å². The number of carbonyl (C=O) groups is 1. The third-order valence-electron chi connectivity index (χ3n) is 1.63. The summed E-state index contributed by atoms with van der Waals surface area (Å²) in [5.41, 5.74) is -0.0953. The maximum absolute atomic E-state index is 13.1. The predicted molar refractivity (Wildman–Crippen MR) is 47.6 cm³/mol. The SMILES string of the molecule is C=CC(=O)c1ccc(OC(F)(F)F)c(F)c1. The fraction of sp³-hybridized carbons (Fsp3) is 0.100. The molecule has 0 saturated heterocycles. The first-order chi connectivity index (χ1) is 7.33. The molecule has 0 heterocycles. The number of allylic oxidation sites excluding steroid dienone is 1. The van der Waals surface area contributed by atoms with Crippen LogP contribution in [0.15, 0.2) is 30.9 Å². The highest BCUT2D eigenvalue weighted by molar-refractivity contribution is 6.04. The Labute approximate surface area is 88.1 Å². The number of carbonyl (C=O) groups excluding carboxylic acids is 1. The van der Waals surface area contributed by atoms with E-state index in [1.54, 1.807) is 0 Å². The first kappa shape index (κ1) is 12.2. The summed E-state index contributed by atoms with van der Waals surface area (Å²) in [7, 11) is 0. The summed E-state index contributed by atoms with van der Waals surface area (Å²) in [6.45, 7) is 3.17. The van der Waals surface area contributed by atoms with Gasteiger partial charge in [0, 0.05) is 5.56 Å². The van der Waals surface area contributed by atoms with Crippen LogP contribution < -0.4 is 4.74 Å². The van der Waals surface area contributed by atoms with Crippen molar-refractivity contribution in [2.45, 2.75) is 6.36 Å². The molecule has 0 amide bonds. The first-order valence-electron chi connectivity index (χ1n) is 4.05. The van der Waals surface area contributed by atoms with E-state index in [9.17, 15) is 22.4 Å². The van der Waals surface area contributed by atoms with Gasteiger partial charge in [0.1, 0.15) is 0 Å². The summed E-state index contributed by atoms with van der Waals surface area (Å²) >= 11 is 0. The maximum atomic E-state index is 13.1. The van der Waals surface area contributed by atoms with Crippen molar-refractivity contribution >= 4 is 5.78 Å². The second kappa shape index (κ2) is 4.34. The lowest BCUT2D eigenvalue weighted by Crippen LogP contribution is -2.18. The van der Waals surface area contributed by atoms with Crippen molar-refractivity contribution in [1.82, 2.24) is 0 Å². The molecule has 0 N–H and O–H groups in total. The minimum Gasteiger partial charge on any atom is -0.403 e. The van der Waals surface area contributed by atoms with Gasteiger partial charge >= 0.3 is 6.36 Å². The summed E-state index contributed by atoms with van der Waals surface area (Å²) in [6, 6.07) is 2.42. The molecule has 0 aliphatic heterocycles. The molecule has 0 aliphatic carbocycles. The number of halogens is 4. The number of alkyl halides is 3. The van der Waals surface area contributed by atoms with Crippen LogP contribution in [-0.4, -0.2) is 12.1 Å². The Morgan fingerprint density at radius 3 is 2.44 bits per heavy atom. The Morgan fingerprint density at radius 2 is 2.00 bits per heavy atom. The molecule has 0 fully saturated rings. The fourth-order valence-corrected chi connectivity index (χ4v) is 0.979. The van der Waals surface area contributed by atoms with Crippen molar-refractivity contribution in [2.24, 2.45) is 0 Å². The van der Waals surface area contributed by atoms with Crippen LogP contribution in [0.3, 0.4) is 0 Å². The Balaban J connectivity index is 3.00. The number of ether oxygens (including phenoxy) is 1. The Bertz CT molecular complexity index is 423. The van der Waals surface area contributed by atoms with Gasteiger partial charge < -0.3 is 4.74 Å². The molecule has 0 atom stereocenters. The summed E-state index contributed by atoms with van der Waals surface area (Å²) < 4.78 is 51.8. The zero-order valence-corrected chi connectivity index (χ0v) is 7.84. The van der Waals surface area contributed by atoms with Crippen molar-refractivity contribution in [3.63, 3.8) is 0 Å². The predicted octanol–water partition coefficient (Wildman–Crippen LogP) is 3.09. The molecule has 0 radical (unpaired) electrons. The van der Waals surface area contributed by atoms with Gasteiger partial charge in [-0.15, -0.1) is 13.2 Å². The van der Waals surface area contributed by atoms with Gasteiger partial charge in [-0.2, -0.15) is 0 Å². The minimum atomic E-state index is -4.97. The lowest BCUT2D eigenvalue weighted by molar-refractivity contribution is -0.275. The number of ketones is 1. The second-order valence-electron chi connectivity index (χ2n) is 2.76. The van der Waals surface area contributed by atoms with Gasteiger partial charge in [0.05, 0.1) is 0 Å². The van der Waals surface area contributed by atoms with E-state index < -0.39 is 23.7 Å². The Hall–Kier alpha value is -1.85. The maximum Gasteiger partial charge on any atom is 0.573 e. The molecule has 1 aromatic rings. The molecule has 0 spiro atoms. The summed E-state index contributed by atoms with van der Waals surface area (Å²) in [4.78, 5) is 11.0. The van der Waals surface area contributed by atoms with Crippen molar-refractivity contribution in [2.75, 3.05) is 0 Å². The van der Waals surface area contributed by atoms with Crippen LogP contribution in [0.25, 0.3) is 0 Å². The van der Waals surface area contributed by atoms with Crippen molar-refractivity contribution in [1.29, 1.82) is 0 Å². The molecule has 0 saturated carbocycles. The molecule has 2 nitrogen and oxygen atoms in total. The summed E-state index contributed by atoms with van der Waals surface area (Å²) in [6.07, 6.45) is -4.04. The van der Waals surface area contributed by atoms with Crippen LogP contribution in [0, 0.1) is 5.82 Å². The van der Waals surface area contributed by atoms with E-state index in [-0.39, 0.29) is 5.56 Å². The van der Waals surface area contributed by atoms with Crippen LogP contribution in [0.4, 0.5) is 17.6 Å². The zero-order chi connectivity index (χ0) is 12.3. The van der Waals surface area contributed by atoms with Crippen molar-refractivity contribution in [3.05, 3.63) is 42.2 Å². The van der Waals surface area contributed by atoms with Gasteiger partial charge in [-0.3, -0.25) is 4.79 Å². The Kier molecular flexibility index (Phi) is 3.31. The molecular weight excluding hydrogens is 228 g/mol. The van der Waals surface area contributed by atoms with E-state index in [4.69, 9.17) is 0 Å². The fourth-order valence-electron chi connectivity index (χ4n) is 0.979. The van der Waals surface area contributed by atoms with Crippen LogP contribution in [-0.2, 0) is 0 Å². The topological polar surface area (TPSA) is 26.3 Å². The van der Waals surface area contributed by atoms with Gasteiger partial charge in [-0.05, 0) is 24.3 Å². The monoisotopic (exact) mass is 234 g/mol. The first-order valence-corrected chi connectivity index (χ1v) is 4.05. The van der Waals surface area contributed by atoms with E-state index in [2.05, 4.69) is 11.3 Å². The molecule has 1 aromatic carbocycles. The molecule has 86 valence electrons. The molecule has 1 rings (SSSR count). The number of hydrogen-bond acceptors (Lipinski definition) is 2.